The van der Waals surface area contributed by atoms with E-state index in [1.165, 1.54) is 5.56 Å². The third kappa shape index (κ3) is 3.79. The van der Waals surface area contributed by atoms with Gasteiger partial charge >= 0.3 is 0 Å². The number of rotatable bonds is 4. The maximum absolute atomic E-state index is 11.9. The maximum Gasteiger partial charge on any atom is 0.271 e. The standard InChI is InChI=1S/C17H18N2O/c1-13(2)15-8-10-16(11-9-15)17(20)19-18-12-14-6-4-3-5-7-14/h3-13H,1-2H3,(H,19,20). The Labute approximate surface area is 119 Å². The molecule has 3 heteroatoms. The van der Waals surface area contributed by atoms with E-state index in [9.17, 15) is 4.79 Å². The van der Waals surface area contributed by atoms with Crippen molar-refractivity contribution in [2.24, 2.45) is 5.10 Å². The number of hydrogen-bond donors (Lipinski definition) is 1. The largest absolute Gasteiger partial charge is 0.271 e. The Kier molecular flexibility index (Phi) is 4.66. The summed E-state index contributed by atoms with van der Waals surface area (Å²) >= 11 is 0. The second-order valence-electron chi connectivity index (χ2n) is 4.89. The van der Waals surface area contributed by atoms with Gasteiger partial charge in [0.2, 0.25) is 0 Å². The van der Waals surface area contributed by atoms with Gasteiger partial charge in [0.05, 0.1) is 6.21 Å². The molecule has 1 amide bonds. The molecule has 20 heavy (non-hydrogen) atoms. The number of hydrazone groups is 1. The molecule has 0 radical (unpaired) electrons. The van der Waals surface area contributed by atoms with E-state index < -0.39 is 0 Å². The Hall–Kier alpha value is -2.42. The number of carbonyl (C=O) groups excluding carboxylic acids is 1. The summed E-state index contributed by atoms with van der Waals surface area (Å²) in [6.45, 7) is 4.25. The molecule has 0 saturated carbocycles. The zero-order valence-corrected chi connectivity index (χ0v) is 11.7. The quantitative estimate of drug-likeness (QED) is 0.667. The summed E-state index contributed by atoms with van der Waals surface area (Å²) in [4.78, 5) is 11.9. The van der Waals surface area contributed by atoms with Gasteiger partial charge in [0, 0.05) is 5.56 Å². The second kappa shape index (κ2) is 6.66. The van der Waals surface area contributed by atoms with Crippen molar-refractivity contribution in [2.75, 3.05) is 0 Å². The Balaban J connectivity index is 1.96. The van der Waals surface area contributed by atoms with Gasteiger partial charge in [0.1, 0.15) is 0 Å². The molecule has 102 valence electrons. The molecule has 0 aliphatic carbocycles. The summed E-state index contributed by atoms with van der Waals surface area (Å²) < 4.78 is 0. The number of benzene rings is 2. The van der Waals surface area contributed by atoms with E-state index in [2.05, 4.69) is 24.4 Å². The van der Waals surface area contributed by atoms with Crippen molar-refractivity contribution in [2.45, 2.75) is 19.8 Å². The SMILES string of the molecule is CC(C)c1ccc(C(=O)NN=Cc2ccccc2)cc1. The van der Waals surface area contributed by atoms with Gasteiger partial charge in [0.25, 0.3) is 5.91 Å². The topological polar surface area (TPSA) is 41.5 Å². The lowest BCUT2D eigenvalue weighted by Gasteiger charge is -2.05. The van der Waals surface area contributed by atoms with Crippen LogP contribution in [0.3, 0.4) is 0 Å². The van der Waals surface area contributed by atoms with Crippen molar-refractivity contribution in [3.63, 3.8) is 0 Å². The Morgan fingerprint density at radius 2 is 1.70 bits per heavy atom. The minimum absolute atomic E-state index is 0.201. The summed E-state index contributed by atoms with van der Waals surface area (Å²) in [6.07, 6.45) is 1.63. The fourth-order valence-corrected chi connectivity index (χ4v) is 1.79. The summed E-state index contributed by atoms with van der Waals surface area (Å²) in [5, 5.41) is 3.95. The van der Waals surface area contributed by atoms with Gasteiger partial charge in [-0.2, -0.15) is 5.10 Å². The zero-order valence-electron chi connectivity index (χ0n) is 11.7. The Morgan fingerprint density at radius 3 is 2.30 bits per heavy atom. The first-order valence-corrected chi connectivity index (χ1v) is 6.65. The summed E-state index contributed by atoms with van der Waals surface area (Å²) in [5.74, 6) is 0.260. The molecule has 0 atom stereocenters. The summed E-state index contributed by atoms with van der Waals surface area (Å²) in [5.41, 5.74) is 5.30. The molecular weight excluding hydrogens is 248 g/mol. The highest BCUT2D eigenvalue weighted by Gasteiger charge is 2.05. The van der Waals surface area contributed by atoms with Gasteiger partial charge in [-0.05, 0) is 29.2 Å². The van der Waals surface area contributed by atoms with Crippen LogP contribution in [-0.4, -0.2) is 12.1 Å². The molecule has 2 aromatic rings. The van der Waals surface area contributed by atoms with Crippen molar-refractivity contribution in [3.8, 4) is 0 Å². The number of amides is 1. The Morgan fingerprint density at radius 1 is 1.05 bits per heavy atom. The molecular formula is C17H18N2O. The number of nitrogens with one attached hydrogen (secondary N) is 1. The fraction of sp³-hybridized carbons (Fsp3) is 0.176. The average Bonchev–Trinajstić information content (AvgIpc) is 2.48. The highest BCUT2D eigenvalue weighted by molar-refractivity contribution is 5.94. The van der Waals surface area contributed by atoms with Gasteiger partial charge in [-0.25, -0.2) is 5.43 Å². The van der Waals surface area contributed by atoms with E-state index in [0.717, 1.165) is 5.56 Å². The first kappa shape index (κ1) is 14.0. The van der Waals surface area contributed by atoms with Gasteiger partial charge in [-0.15, -0.1) is 0 Å². The Bertz CT molecular complexity index is 586. The molecule has 2 aromatic carbocycles. The van der Waals surface area contributed by atoms with Crippen LogP contribution in [-0.2, 0) is 0 Å². The van der Waals surface area contributed by atoms with E-state index in [4.69, 9.17) is 0 Å². The van der Waals surface area contributed by atoms with Gasteiger partial charge < -0.3 is 0 Å². The molecule has 0 aliphatic heterocycles. The van der Waals surface area contributed by atoms with E-state index in [0.29, 0.717) is 11.5 Å². The van der Waals surface area contributed by atoms with E-state index in [1.807, 2.05) is 54.6 Å². The number of hydrogen-bond acceptors (Lipinski definition) is 2. The van der Waals surface area contributed by atoms with Crippen molar-refractivity contribution in [1.29, 1.82) is 0 Å². The molecule has 1 N–H and O–H groups in total. The molecule has 0 unspecified atom stereocenters. The van der Waals surface area contributed by atoms with Crippen molar-refractivity contribution < 1.29 is 4.79 Å². The molecule has 0 spiro atoms. The first-order chi connectivity index (χ1) is 9.66. The van der Waals surface area contributed by atoms with Crippen LogP contribution in [0, 0.1) is 0 Å². The van der Waals surface area contributed by atoms with Gasteiger partial charge in [-0.1, -0.05) is 56.3 Å². The van der Waals surface area contributed by atoms with Crippen LogP contribution in [0.2, 0.25) is 0 Å². The first-order valence-electron chi connectivity index (χ1n) is 6.65. The normalized spacial score (nSPS) is 10.9. The molecule has 0 saturated heterocycles. The van der Waals surface area contributed by atoms with E-state index >= 15 is 0 Å². The van der Waals surface area contributed by atoms with Crippen LogP contribution in [0.4, 0.5) is 0 Å². The van der Waals surface area contributed by atoms with Gasteiger partial charge in [0.15, 0.2) is 0 Å². The highest BCUT2D eigenvalue weighted by Crippen LogP contribution is 2.14. The average molecular weight is 266 g/mol. The molecule has 0 fully saturated rings. The number of nitrogens with zero attached hydrogens (tertiary/aromatic N) is 1. The summed E-state index contributed by atoms with van der Waals surface area (Å²) in [6, 6.07) is 17.2. The fourth-order valence-electron chi connectivity index (χ4n) is 1.79. The predicted molar refractivity (Wildman–Crippen MR) is 82.0 cm³/mol. The van der Waals surface area contributed by atoms with Crippen LogP contribution in [0.5, 0.6) is 0 Å². The molecule has 0 aromatic heterocycles. The number of carbonyl (C=O) groups is 1. The third-order valence-electron chi connectivity index (χ3n) is 3.02. The zero-order chi connectivity index (χ0) is 14.4. The van der Waals surface area contributed by atoms with Crippen LogP contribution >= 0.6 is 0 Å². The van der Waals surface area contributed by atoms with Crippen LogP contribution in [0.1, 0.15) is 41.3 Å². The minimum atomic E-state index is -0.201. The molecule has 0 bridgehead atoms. The van der Waals surface area contributed by atoms with Crippen molar-refractivity contribution in [1.82, 2.24) is 5.43 Å². The third-order valence-corrected chi connectivity index (χ3v) is 3.02. The monoisotopic (exact) mass is 266 g/mol. The lowest BCUT2D eigenvalue weighted by atomic mass is 10.0. The lowest BCUT2D eigenvalue weighted by molar-refractivity contribution is 0.0955. The smallest absolute Gasteiger partial charge is 0.267 e. The predicted octanol–water partition coefficient (Wildman–Crippen LogP) is 3.57. The van der Waals surface area contributed by atoms with Crippen LogP contribution in [0.15, 0.2) is 59.7 Å². The molecule has 0 heterocycles. The minimum Gasteiger partial charge on any atom is -0.267 e. The van der Waals surface area contributed by atoms with Crippen molar-refractivity contribution in [3.05, 3.63) is 71.3 Å². The van der Waals surface area contributed by atoms with E-state index in [1.54, 1.807) is 6.21 Å². The highest BCUT2D eigenvalue weighted by atomic mass is 16.2. The lowest BCUT2D eigenvalue weighted by Crippen LogP contribution is -2.17. The second-order valence-corrected chi connectivity index (χ2v) is 4.89. The van der Waals surface area contributed by atoms with Crippen LogP contribution < -0.4 is 5.43 Å². The van der Waals surface area contributed by atoms with Gasteiger partial charge in [-0.3, -0.25) is 4.79 Å². The molecule has 0 aliphatic rings. The van der Waals surface area contributed by atoms with E-state index in [-0.39, 0.29) is 5.91 Å². The molecule has 2 rings (SSSR count). The van der Waals surface area contributed by atoms with Crippen molar-refractivity contribution >= 4 is 12.1 Å². The molecule has 3 nitrogen and oxygen atoms in total. The summed E-state index contributed by atoms with van der Waals surface area (Å²) in [7, 11) is 0. The van der Waals surface area contributed by atoms with Crippen LogP contribution in [0.25, 0.3) is 0 Å². The maximum atomic E-state index is 11.9.